The molecule has 2 saturated heterocycles. The number of nitrogens with zero attached hydrogens (tertiary/aromatic N) is 5. The van der Waals surface area contributed by atoms with Crippen LogP contribution in [0.15, 0.2) is 40.5 Å². The summed E-state index contributed by atoms with van der Waals surface area (Å²) in [5.74, 6) is -0.346. The number of likely N-dealkylation sites (tertiary alicyclic amines) is 1. The highest BCUT2D eigenvalue weighted by molar-refractivity contribution is 7.99. The molecular formula is C29H30ClF2N5O2S. The van der Waals surface area contributed by atoms with Crippen LogP contribution in [0.1, 0.15) is 18.4 Å². The molecule has 0 aliphatic carbocycles. The molecule has 7 nitrogen and oxygen atoms in total. The summed E-state index contributed by atoms with van der Waals surface area (Å²) < 4.78 is 31.1. The summed E-state index contributed by atoms with van der Waals surface area (Å²) in [5.41, 5.74) is 1.97. The summed E-state index contributed by atoms with van der Waals surface area (Å²) in [6.07, 6.45) is 3.56. The van der Waals surface area contributed by atoms with Crippen LogP contribution in [-0.2, 0) is 11.3 Å². The number of anilines is 1. The van der Waals surface area contributed by atoms with E-state index >= 15 is 4.39 Å². The van der Waals surface area contributed by atoms with E-state index in [-0.39, 0.29) is 28.2 Å². The van der Waals surface area contributed by atoms with Crippen LogP contribution in [0.25, 0.3) is 22.0 Å². The van der Waals surface area contributed by atoms with E-state index in [1.165, 1.54) is 12.1 Å². The van der Waals surface area contributed by atoms with Crippen LogP contribution in [0.2, 0.25) is 5.02 Å². The van der Waals surface area contributed by atoms with Crippen molar-refractivity contribution in [2.45, 2.75) is 37.2 Å². The van der Waals surface area contributed by atoms with Crippen molar-refractivity contribution >= 4 is 46.0 Å². The van der Waals surface area contributed by atoms with Crippen LogP contribution >= 0.6 is 23.4 Å². The number of piperazine rings is 1. The smallest absolute Gasteiger partial charge is 0.350 e. The topological polar surface area (TPSA) is 61.7 Å². The van der Waals surface area contributed by atoms with Crippen LogP contribution in [0.4, 0.5) is 14.6 Å². The molecule has 0 bridgehead atoms. The highest BCUT2D eigenvalue weighted by Gasteiger charge is 2.32. The molecule has 40 heavy (non-hydrogen) atoms. The molecule has 2 aromatic carbocycles. The van der Waals surface area contributed by atoms with Crippen molar-refractivity contribution in [2.75, 3.05) is 49.9 Å². The Bertz CT molecular complexity index is 1580. The minimum Gasteiger partial charge on any atom is -0.352 e. The van der Waals surface area contributed by atoms with Crippen molar-refractivity contribution in [3.05, 3.63) is 63.6 Å². The number of aryl methyl sites for hydroxylation is 1. The number of amides is 1. The fourth-order valence-electron chi connectivity index (χ4n) is 6.16. The normalized spacial score (nSPS) is 19.8. The van der Waals surface area contributed by atoms with E-state index in [0.717, 1.165) is 53.6 Å². The van der Waals surface area contributed by atoms with Gasteiger partial charge >= 0.3 is 5.69 Å². The molecule has 0 N–H and O–H groups in total. The first kappa shape index (κ1) is 27.2. The summed E-state index contributed by atoms with van der Waals surface area (Å²) in [6.45, 7) is 9.94. The third kappa shape index (κ3) is 4.69. The van der Waals surface area contributed by atoms with Gasteiger partial charge in [0, 0.05) is 72.0 Å². The Labute approximate surface area is 240 Å². The molecule has 2 fully saturated rings. The lowest BCUT2D eigenvalue weighted by molar-refractivity contribution is -0.126. The molecule has 11 heteroatoms. The first-order valence-corrected chi connectivity index (χ1v) is 14.9. The van der Waals surface area contributed by atoms with E-state index in [4.69, 9.17) is 11.6 Å². The maximum atomic E-state index is 15.3. The average Bonchev–Trinajstić information content (AvgIpc) is 3.41. The number of hydrogen-bond donors (Lipinski definition) is 0. The van der Waals surface area contributed by atoms with E-state index in [9.17, 15) is 14.0 Å². The maximum absolute atomic E-state index is 15.3. The highest BCUT2D eigenvalue weighted by Crippen LogP contribution is 2.45. The standard InChI is InChI=1S/C29H30ClF2N5O2S/c1-3-24(38)35-8-10-36(11-9-35)28-20-12-17(2)25(19-13-21(30)23(32)14-22(19)31)27-26(20)37(29(39)33-28)15-18(16-40-27)34-6-4-5-7-34/h3,12-14,18H,1,4-11,15-16H2,2H3. The van der Waals surface area contributed by atoms with Crippen molar-refractivity contribution < 1.29 is 13.6 Å². The summed E-state index contributed by atoms with van der Waals surface area (Å²) in [5, 5.41) is 0.652. The lowest BCUT2D eigenvalue weighted by atomic mass is 9.97. The van der Waals surface area contributed by atoms with Gasteiger partial charge in [-0.25, -0.2) is 13.6 Å². The zero-order valence-corrected chi connectivity index (χ0v) is 23.8. The van der Waals surface area contributed by atoms with Crippen LogP contribution < -0.4 is 10.6 Å². The minimum atomic E-state index is -0.813. The largest absolute Gasteiger partial charge is 0.352 e. The quantitative estimate of drug-likeness (QED) is 0.327. The van der Waals surface area contributed by atoms with Gasteiger partial charge in [0.25, 0.3) is 0 Å². The van der Waals surface area contributed by atoms with Gasteiger partial charge in [0.15, 0.2) is 0 Å². The number of halogens is 3. The molecule has 0 radical (unpaired) electrons. The summed E-state index contributed by atoms with van der Waals surface area (Å²) in [7, 11) is 0. The van der Waals surface area contributed by atoms with Gasteiger partial charge in [0.1, 0.15) is 17.5 Å². The SMILES string of the molecule is C=CC(=O)N1CCN(c2nc(=O)n3c4c(c(-c5cc(Cl)c(F)cc5F)c(C)cc24)SCC(N2CCCC2)C3)CC1. The van der Waals surface area contributed by atoms with Crippen LogP contribution in [-0.4, -0.2) is 76.3 Å². The number of aromatic nitrogens is 2. The number of benzene rings is 2. The molecule has 6 rings (SSSR count). The monoisotopic (exact) mass is 585 g/mol. The first-order chi connectivity index (χ1) is 19.3. The van der Waals surface area contributed by atoms with Crippen molar-refractivity contribution in [1.82, 2.24) is 19.4 Å². The van der Waals surface area contributed by atoms with Crippen LogP contribution in [0, 0.1) is 18.6 Å². The molecule has 0 saturated carbocycles. The van der Waals surface area contributed by atoms with E-state index in [2.05, 4.69) is 16.5 Å². The molecule has 1 amide bonds. The second kappa shape index (κ2) is 10.8. The van der Waals surface area contributed by atoms with E-state index in [0.29, 0.717) is 49.6 Å². The zero-order chi connectivity index (χ0) is 28.1. The lowest BCUT2D eigenvalue weighted by Crippen LogP contribution is -2.49. The van der Waals surface area contributed by atoms with E-state index in [1.807, 2.05) is 17.9 Å². The van der Waals surface area contributed by atoms with Crippen molar-refractivity contribution in [3.63, 3.8) is 0 Å². The Kier molecular flexibility index (Phi) is 7.35. The van der Waals surface area contributed by atoms with Gasteiger partial charge in [-0.05, 0) is 56.6 Å². The van der Waals surface area contributed by atoms with Crippen LogP contribution in [0.3, 0.4) is 0 Å². The number of thioether (sulfide) groups is 1. The Morgan fingerprint density at radius 2 is 1.82 bits per heavy atom. The van der Waals surface area contributed by atoms with Crippen molar-refractivity contribution in [1.29, 1.82) is 0 Å². The molecule has 1 aromatic heterocycles. The molecule has 3 aliphatic heterocycles. The van der Waals surface area contributed by atoms with E-state index in [1.54, 1.807) is 21.2 Å². The molecule has 1 unspecified atom stereocenters. The number of carbonyl (C=O) groups excluding carboxylic acids is 1. The Hall–Kier alpha value is -2.95. The summed E-state index contributed by atoms with van der Waals surface area (Å²) in [4.78, 5) is 37.4. The zero-order valence-electron chi connectivity index (χ0n) is 22.3. The minimum absolute atomic E-state index is 0.120. The van der Waals surface area contributed by atoms with Gasteiger partial charge in [-0.2, -0.15) is 4.98 Å². The third-order valence-electron chi connectivity index (χ3n) is 8.21. The molecule has 4 heterocycles. The number of carbonyl (C=O) groups is 1. The number of hydrogen-bond acceptors (Lipinski definition) is 6. The highest BCUT2D eigenvalue weighted by atomic mass is 35.5. The third-order valence-corrected chi connectivity index (χ3v) is 9.74. The Morgan fingerprint density at radius 3 is 2.52 bits per heavy atom. The second-order valence-corrected chi connectivity index (χ2v) is 12.0. The maximum Gasteiger partial charge on any atom is 0.350 e. The summed E-state index contributed by atoms with van der Waals surface area (Å²) in [6, 6.07) is 4.22. The lowest BCUT2D eigenvalue weighted by Gasteiger charge is -2.35. The van der Waals surface area contributed by atoms with Crippen molar-refractivity contribution in [2.24, 2.45) is 0 Å². The van der Waals surface area contributed by atoms with E-state index < -0.39 is 11.6 Å². The summed E-state index contributed by atoms with van der Waals surface area (Å²) >= 11 is 7.73. The number of rotatable bonds is 4. The predicted octanol–water partition coefficient (Wildman–Crippen LogP) is 4.71. The van der Waals surface area contributed by atoms with Gasteiger partial charge in [-0.1, -0.05) is 18.2 Å². The molecule has 3 aliphatic rings. The van der Waals surface area contributed by atoms with Gasteiger partial charge in [0.2, 0.25) is 5.91 Å². The second-order valence-electron chi connectivity index (χ2n) is 10.6. The fourth-order valence-corrected chi connectivity index (χ4v) is 7.77. The van der Waals surface area contributed by atoms with Gasteiger partial charge in [0.05, 0.1) is 10.5 Å². The Morgan fingerprint density at radius 1 is 1.10 bits per heavy atom. The molecule has 0 spiro atoms. The van der Waals surface area contributed by atoms with Crippen LogP contribution in [0.5, 0.6) is 0 Å². The molecule has 210 valence electrons. The fraction of sp³-hybridized carbons (Fsp3) is 0.414. The molecule has 1 atom stereocenters. The average molecular weight is 586 g/mol. The Balaban J connectivity index is 1.54. The predicted molar refractivity (Wildman–Crippen MR) is 155 cm³/mol. The first-order valence-electron chi connectivity index (χ1n) is 13.5. The molecule has 3 aromatic rings. The van der Waals surface area contributed by atoms with Gasteiger partial charge in [-0.3, -0.25) is 14.3 Å². The molecular weight excluding hydrogens is 556 g/mol. The van der Waals surface area contributed by atoms with Gasteiger partial charge in [-0.15, -0.1) is 11.8 Å². The van der Waals surface area contributed by atoms with Crippen molar-refractivity contribution in [3.8, 4) is 11.1 Å². The van der Waals surface area contributed by atoms with Gasteiger partial charge < -0.3 is 9.80 Å².